The molecular formula is C20H21BrN2O3. The molecule has 2 aromatic carbocycles. The number of halogens is 1. The summed E-state index contributed by atoms with van der Waals surface area (Å²) in [6, 6.07) is 15.3. The number of hydrogen-bond acceptors (Lipinski definition) is 3. The van der Waals surface area contributed by atoms with E-state index in [9.17, 15) is 9.59 Å². The minimum absolute atomic E-state index is 0.150. The highest BCUT2D eigenvalue weighted by molar-refractivity contribution is 9.10. The molecule has 2 amide bonds. The third-order valence-electron chi connectivity index (χ3n) is 4.61. The first-order chi connectivity index (χ1) is 12.5. The molecule has 3 rings (SSSR count). The normalized spacial score (nSPS) is 14.4. The summed E-state index contributed by atoms with van der Waals surface area (Å²) >= 11 is 3.39. The zero-order valence-electron chi connectivity index (χ0n) is 14.5. The van der Waals surface area contributed by atoms with Gasteiger partial charge in [-0.1, -0.05) is 53.2 Å². The van der Waals surface area contributed by atoms with Crippen molar-refractivity contribution in [2.45, 2.75) is 31.6 Å². The molecule has 0 aromatic heterocycles. The Morgan fingerprint density at radius 2 is 1.77 bits per heavy atom. The maximum Gasteiger partial charge on any atom is 0.276 e. The van der Waals surface area contributed by atoms with Gasteiger partial charge >= 0.3 is 0 Å². The molecule has 0 heterocycles. The van der Waals surface area contributed by atoms with Crippen molar-refractivity contribution in [3.05, 3.63) is 64.1 Å². The number of nitrogens with one attached hydrogen (secondary N) is 2. The van der Waals surface area contributed by atoms with Gasteiger partial charge in [0.15, 0.2) is 6.61 Å². The first kappa shape index (κ1) is 18.5. The molecular weight excluding hydrogens is 396 g/mol. The molecule has 6 heteroatoms. The number of benzene rings is 2. The SMILES string of the molecule is CCc1ccccc1OCC(=O)NNC(=O)C1(c2ccc(Br)cc2)CC1. The van der Waals surface area contributed by atoms with Gasteiger partial charge < -0.3 is 4.74 Å². The standard InChI is InChI=1S/C20H21BrN2O3/c1-2-14-5-3-4-6-17(14)26-13-18(24)22-23-19(25)20(11-12-20)15-7-9-16(21)10-8-15/h3-10H,2,11-13H2,1H3,(H,22,24)(H,23,25). The van der Waals surface area contributed by atoms with Crippen molar-refractivity contribution in [2.75, 3.05) is 6.61 Å². The number of ether oxygens (including phenoxy) is 1. The topological polar surface area (TPSA) is 67.4 Å². The van der Waals surface area contributed by atoms with Crippen LogP contribution in [-0.2, 0) is 21.4 Å². The summed E-state index contributed by atoms with van der Waals surface area (Å²) in [6.07, 6.45) is 2.37. The van der Waals surface area contributed by atoms with Gasteiger partial charge in [0.05, 0.1) is 5.41 Å². The van der Waals surface area contributed by atoms with E-state index in [1.807, 2.05) is 55.5 Å². The molecule has 0 atom stereocenters. The van der Waals surface area contributed by atoms with Gasteiger partial charge in [-0.05, 0) is 48.6 Å². The average Bonchev–Trinajstić information content (AvgIpc) is 3.47. The van der Waals surface area contributed by atoms with Gasteiger partial charge in [-0.3, -0.25) is 20.4 Å². The fourth-order valence-corrected chi connectivity index (χ4v) is 3.17. The van der Waals surface area contributed by atoms with Crippen molar-refractivity contribution in [3.8, 4) is 5.75 Å². The molecule has 0 radical (unpaired) electrons. The van der Waals surface area contributed by atoms with Crippen LogP contribution in [0.2, 0.25) is 0 Å². The number of aryl methyl sites for hydroxylation is 1. The van der Waals surface area contributed by atoms with E-state index in [0.29, 0.717) is 5.75 Å². The van der Waals surface area contributed by atoms with Gasteiger partial charge in [0.1, 0.15) is 5.75 Å². The van der Waals surface area contributed by atoms with Gasteiger partial charge in [-0.25, -0.2) is 0 Å². The fourth-order valence-electron chi connectivity index (χ4n) is 2.90. The van der Waals surface area contributed by atoms with Crippen LogP contribution >= 0.6 is 15.9 Å². The highest BCUT2D eigenvalue weighted by atomic mass is 79.9. The Morgan fingerprint density at radius 1 is 1.08 bits per heavy atom. The zero-order chi connectivity index (χ0) is 18.6. The van der Waals surface area contributed by atoms with Crippen LogP contribution in [0.1, 0.15) is 30.9 Å². The van der Waals surface area contributed by atoms with E-state index in [1.165, 1.54) is 0 Å². The Hall–Kier alpha value is -2.34. The lowest BCUT2D eigenvalue weighted by Crippen LogP contribution is -2.48. The highest BCUT2D eigenvalue weighted by Crippen LogP contribution is 2.48. The lowest BCUT2D eigenvalue weighted by molar-refractivity contribution is -0.131. The molecule has 2 N–H and O–H groups in total. The van der Waals surface area contributed by atoms with Crippen molar-refractivity contribution in [2.24, 2.45) is 0 Å². The van der Waals surface area contributed by atoms with Gasteiger partial charge in [0.25, 0.3) is 5.91 Å². The predicted octanol–water partition coefficient (Wildman–Crippen LogP) is 3.27. The monoisotopic (exact) mass is 416 g/mol. The molecule has 26 heavy (non-hydrogen) atoms. The minimum atomic E-state index is -0.538. The molecule has 136 valence electrons. The van der Waals surface area contributed by atoms with E-state index in [0.717, 1.165) is 34.9 Å². The Kier molecular flexibility index (Phi) is 5.61. The molecule has 1 fully saturated rings. The van der Waals surface area contributed by atoms with Gasteiger partial charge in [0, 0.05) is 4.47 Å². The molecule has 0 unspecified atom stereocenters. The quantitative estimate of drug-likeness (QED) is 0.710. The second kappa shape index (κ2) is 7.91. The summed E-state index contributed by atoms with van der Waals surface area (Å²) in [7, 11) is 0. The van der Waals surface area contributed by atoms with Crippen molar-refractivity contribution in [3.63, 3.8) is 0 Å². The van der Waals surface area contributed by atoms with Crippen molar-refractivity contribution >= 4 is 27.7 Å². The summed E-state index contributed by atoms with van der Waals surface area (Å²) in [5, 5.41) is 0. The Balaban J connectivity index is 1.51. The van der Waals surface area contributed by atoms with Crippen molar-refractivity contribution < 1.29 is 14.3 Å². The number of hydrazine groups is 1. The minimum Gasteiger partial charge on any atom is -0.483 e. The van der Waals surface area contributed by atoms with E-state index in [1.54, 1.807) is 0 Å². The van der Waals surface area contributed by atoms with Gasteiger partial charge in [-0.2, -0.15) is 0 Å². The lowest BCUT2D eigenvalue weighted by Gasteiger charge is -2.16. The number of carbonyl (C=O) groups is 2. The second-order valence-corrected chi connectivity index (χ2v) is 7.26. The number of hydrogen-bond donors (Lipinski definition) is 2. The zero-order valence-corrected chi connectivity index (χ0v) is 16.1. The summed E-state index contributed by atoms with van der Waals surface area (Å²) in [4.78, 5) is 24.5. The molecule has 5 nitrogen and oxygen atoms in total. The predicted molar refractivity (Wildman–Crippen MR) is 103 cm³/mol. The van der Waals surface area contributed by atoms with Crippen LogP contribution in [0.25, 0.3) is 0 Å². The molecule has 0 bridgehead atoms. The largest absolute Gasteiger partial charge is 0.483 e. The van der Waals surface area contributed by atoms with Crippen LogP contribution < -0.4 is 15.6 Å². The van der Waals surface area contributed by atoms with E-state index < -0.39 is 11.3 Å². The summed E-state index contributed by atoms with van der Waals surface area (Å²) in [5.41, 5.74) is 6.44. The van der Waals surface area contributed by atoms with Crippen molar-refractivity contribution in [1.29, 1.82) is 0 Å². The van der Waals surface area contributed by atoms with E-state index in [4.69, 9.17) is 4.74 Å². The van der Waals surface area contributed by atoms with Crippen LogP contribution in [0.5, 0.6) is 5.75 Å². The molecule has 0 aliphatic heterocycles. The number of carbonyl (C=O) groups excluding carboxylic acids is 2. The third-order valence-corrected chi connectivity index (χ3v) is 5.14. The number of para-hydroxylation sites is 1. The number of rotatable bonds is 6. The Morgan fingerprint density at radius 3 is 2.42 bits per heavy atom. The Bertz CT molecular complexity index is 801. The number of amides is 2. The average molecular weight is 417 g/mol. The Labute approximate surface area is 161 Å². The summed E-state index contributed by atoms with van der Waals surface area (Å²) < 4.78 is 6.52. The molecule has 0 saturated heterocycles. The van der Waals surface area contributed by atoms with Crippen molar-refractivity contribution in [1.82, 2.24) is 10.9 Å². The van der Waals surface area contributed by atoms with E-state index in [-0.39, 0.29) is 12.5 Å². The van der Waals surface area contributed by atoms with Gasteiger partial charge in [0.2, 0.25) is 5.91 Å². The molecule has 1 aliphatic carbocycles. The molecule has 1 aliphatic rings. The van der Waals surface area contributed by atoms with Crippen LogP contribution in [0.3, 0.4) is 0 Å². The molecule has 2 aromatic rings. The summed E-state index contributed by atoms with van der Waals surface area (Å²) in [5.74, 6) is 0.1000. The molecule has 1 saturated carbocycles. The third kappa shape index (κ3) is 4.07. The van der Waals surface area contributed by atoms with Crippen LogP contribution in [0, 0.1) is 0 Å². The molecule has 0 spiro atoms. The maximum atomic E-state index is 12.5. The van der Waals surface area contributed by atoms with E-state index in [2.05, 4.69) is 26.8 Å². The second-order valence-electron chi connectivity index (χ2n) is 6.34. The lowest BCUT2D eigenvalue weighted by atomic mass is 9.95. The van der Waals surface area contributed by atoms with Crippen LogP contribution in [0.4, 0.5) is 0 Å². The smallest absolute Gasteiger partial charge is 0.276 e. The maximum absolute atomic E-state index is 12.5. The van der Waals surface area contributed by atoms with Crippen LogP contribution in [-0.4, -0.2) is 18.4 Å². The van der Waals surface area contributed by atoms with Gasteiger partial charge in [-0.15, -0.1) is 0 Å². The summed E-state index contributed by atoms with van der Waals surface area (Å²) in [6.45, 7) is 1.88. The first-order valence-electron chi connectivity index (χ1n) is 8.61. The first-order valence-corrected chi connectivity index (χ1v) is 9.40. The van der Waals surface area contributed by atoms with E-state index >= 15 is 0 Å². The highest BCUT2D eigenvalue weighted by Gasteiger charge is 2.51. The fraction of sp³-hybridized carbons (Fsp3) is 0.300. The van der Waals surface area contributed by atoms with Crippen LogP contribution in [0.15, 0.2) is 53.0 Å².